The average molecular weight is 438 g/mol. The number of methoxy groups -OCH3 is 1. The van der Waals surface area contributed by atoms with Gasteiger partial charge in [0.2, 0.25) is 11.8 Å². The van der Waals surface area contributed by atoms with E-state index in [-0.39, 0.29) is 17.7 Å². The molecule has 3 heterocycles. The molecule has 1 saturated heterocycles. The van der Waals surface area contributed by atoms with Gasteiger partial charge in [0.25, 0.3) is 0 Å². The van der Waals surface area contributed by atoms with Crippen LogP contribution in [0.3, 0.4) is 0 Å². The number of carbonyl (C=O) groups excluding carboxylic acids is 2. The van der Waals surface area contributed by atoms with Crippen LogP contribution in [-0.2, 0) is 16.0 Å². The molecule has 8 heteroatoms. The van der Waals surface area contributed by atoms with E-state index in [4.69, 9.17) is 14.7 Å². The summed E-state index contributed by atoms with van der Waals surface area (Å²) in [6.45, 7) is 3.97. The fourth-order valence-electron chi connectivity index (χ4n) is 4.46. The van der Waals surface area contributed by atoms with Gasteiger partial charge in [-0.2, -0.15) is 0 Å². The predicted octanol–water partition coefficient (Wildman–Crippen LogP) is 2.55. The Bertz CT molecular complexity index is 1010. The van der Waals surface area contributed by atoms with Crippen LogP contribution < -0.4 is 14.5 Å². The van der Waals surface area contributed by atoms with Crippen LogP contribution in [0, 0.1) is 6.92 Å². The SMILES string of the molecule is COc1ccc(N(C)CCC(=O)N2CC[C@H](c3nc(C)c4c(n3)N(C)C(=O)CC4)C2)cc1. The molecule has 0 spiro atoms. The lowest BCUT2D eigenvalue weighted by atomic mass is 10.0. The van der Waals surface area contributed by atoms with Crippen LogP contribution >= 0.6 is 0 Å². The molecule has 0 N–H and O–H groups in total. The number of aromatic nitrogens is 2. The first-order chi connectivity index (χ1) is 15.4. The smallest absolute Gasteiger partial charge is 0.228 e. The molecule has 8 nitrogen and oxygen atoms in total. The molecule has 2 aromatic rings. The molecule has 0 saturated carbocycles. The highest BCUT2D eigenvalue weighted by Gasteiger charge is 2.32. The molecule has 0 bridgehead atoms. The Balaban J connectivity index is 1.36. The number of benzene rings is 1. The Morgan fingerprint density at radius 1 is 1.22 bits per heavy atom. The number of likely N-dealkylation sites (tertiary alicyclic amines) is 1. The molecule has 170 valence electrons. The van der Waals surface area contributed by atoms with Gasteiger partial charge in [-0.25, -0.2) is 9.97 Å². The van der Waals surface area contributed by atoms with Crippen LogP contribution in [0.4, 0.5) is 11.5 Å². The number of fused-ring (bicyclic) bond motifs is 1. The minimum absolute atomic E-state index is 0.0887. The van der Waals surface area contributed by atoms with Crippen molar-refractivity contribution < 1.29 is 14.3 Å². The van der Waals surface area contributed by atoms with Gasteiger partial charge in [0.05, 0.1) is 7.11 Å². The molecule has 0 unspecified atom stereocenters. The second kappa shape index (κ2) is 9.14. The first-order valence-corrected chi connectivity index (χ1v) is 11.1. The summed E-state index contributed by atoms with van der Waals surface area (Å²) in [7, 11) is 5.42. The maximum Gasteiger partial charge on any atom is 0.228 e. The topological polar surface area (TPSA) is 78.9 Å². The summed E-state index contributed by atoms with van der Waals surface area (Å²) >= 11 is 0. The molecule has 2 aliphatic heterocycles. The molecular weight excluding hydrogens is 406 g/mol. The molecule has 32 heavy (non-hydrogen) atoms. The van der Waals surface area contributed by atoms with Crippen LogP contribution in [0.2, 0.25) is 0 Å². The molecule has 0 aliphatic carbocycles. The zero-order valence-electron chi connectivity index (χ0n) is 19.3. The summed E-state index contributed by atoms with van der Waals surface area (Å²) in [4.78, 5) is 40.1. The van der Waals surface area contributed by atoms with Crippen molar-refractivity contribution in [2.24, 2.45) is 0 Å². The summed E-state index contributed by atoms with van der Waals surface area (Å²) in [6, 6.07) is 7.83. The van der Waals surface area contributed by atoms with Crippen LogP contribution in [0.15, 0.2) is 24.3 Å². The number of amides is 2. The third-order valence-electron chi connectivity index (χ3n) is 6.57. The third kappa shape index (κ3) is 4.40. The minimum atomic E-state index is 0.0887. The minimum Gasteiger partial charge on any atom is -0.497 e. The molecule has 2 amide bonds. The predicted molar refractivity (Wildman–Crippen MR) is 123 cm³/mol. The van der Waals surface area contributed by atoms with Crippen LogP contribution in [0.1, 0.15) is 42.3 Å². The maximum absolute atomic E-state index is 12.8. The van der Waals surface area contributed by atoms with Gasteiger partial charge in [0.1, 0.15) is 17.4 Å². The Labute approximate surface area is 189 Å². The van der Waals surface area contributed by atoms with Crippen molar-refractivity contribution in [3.8, 4) is 5.75 Å². The van der Waals surface area contributed by atoms with E-state index in [1.165, 1.54) is 0 Å². The van der Waals surface area contributed by atoms with E-state index < -0.39 is 0 Å². The normalized spacial score (nSPS) is 18.0. The van der Waals surface area contributed by atoms with Gasteiger partial charge >= 0.3 is 0 Å². The number of ether oxygens (including phenoxy) is 1. The number of rotatable bonds is 6. The number of hydrogen-bond acceptors (Lipinski definition) is 6. The number of aryl methyl sites for hydroxylation is 1. The first kappa shape index (κ1) is 22.0. The zero-order valence-corrected chi connectivity index (χ0v) is 19.3. The molecular formula is C24H31N5O3. The summed E-state index contributed by atoms with van der Waals surface area (Å²) < 4.78 is 5.20. The lowest BCUT2D eigenvalue weighted by Crippen LogP contribution is -2.34. The van der Waals surface area contributed by atoms with Gasteiger partial charge in [-0.3, -0.25) is 14.5 Å². The van der Waals surface area contributed by atoms with Crippen LogP contribution in [0.25, 0.3) is 0 Å². The Morgan fingerprint density at radius 3 is 2.69 bits per heavy atom. The van der Waals surface area contributed by atoms with Crippen molar-refractivity contribution in [3.05, 3.63) is 41.3 Å². The van der Waals surface area contributed by atoms with E-state index in [9.17, 15) is 9.59 Å². The summed E-state index contributed by atoms with van der Waals surface area (Å²) in [5.41, 5.74) is 3.05. The van der Waals surface area contributed by atoms with Gasteiger partial charge in [0, 0.05) is 69.4 Å². The van der Waals surface area contributed by atoms with E-state index in [1.807, 2.05) is 43.1 Å². The van der Waals surface area contributed by atoms with Crippen molar-refractivity contribution in [3.63, 3.8) is 0 Å². The number of nitrogens with zero attached hydrogens (tertiary/aromatic N) is 5. The molecule has 1 fully saturated rings. The third-order valence-corrected chi connectivity index (χ3v) is 6.57. The first-order valence-electron chi connectivity index (χ1n) is 11.1. The fraction of sp³-hybridized carbons (Fsp3) is 0.500. The Morgan fingerprint density at radius 2 is 1.97 bits per heavy atom. The quantitative estimate of drug-likeness (QED) is 0.691. The Kier molecular flexibility index (Phi) is 6.30. The average Bonchev–Trinajstić information content (AvgIpc) is 3.30. The van der Waals surface area contributed by atoms with Gasteiger partial charge in [-0.05, 0) is 44.0 Å². The highest BCUT2D eigenvalue weighted by molar-refractivity contribution is 5.94. The van der Waals surface area contributed by atoms with E-state index in [0.717, 1.165) is 40.8 Å². The molecule has 4 rings (SSSR count). The van der Waals surface area contributed by atoms with Gasteiger partial charge in [-0.15, -0.1) is 0 Å². The van der Waals surface area contributed by atoms with Crippen molar-refractivity contribution in [2.75, 3.05) is 50.6 Å². The Hall–Kier alpha value is -3.16. The van der Waals surface area contributed by atoms with Gasteiger partial charge in [-0.1, -0.05) is 0 Å². The molecule has 1 atom stereocenters. The van der Waals surface area contributed by atoms with Crippen molar-refractivity contribution in [1.29, 1.82) is 0 Å². The lowest BCUT2D eigenvalue weighted by Gasteiger charge is -2.26. The monoisotopic (exact) mass is 437 g/mol. The molecule has 0 radical (unpaired) electrons. The summed E-state index contributed by atoms with van der Waals surface area (Å²) in [6.07, 6.45) is 2.50. The van der Waals surface area contributed by atoms with E-state index >= 15 is 0 Å². The van der Waals surface area contributed by atoms with Crippen molar-refractivity contribution >= 4 is 23.3 Å². The van der Waals surface area contributed by atoms with E-state index in [2.05, 4.69) is 4.90 Å². The number of carbonyl (C=O) groups is 2. The second-order valence-corrected chi connectivity index (χ2v) is 8.62. The highest BCUT2D eigenvalue weighted by Crippen LogP contribution is 2.31. The lowest BCUT2D eigenvalue weighted by molar-refractivity contribution is -0.130. The van der Waals surface area contributed by atoms with E-state index in [0.29, 0.717) is 38.9 Å². The zero-order chi connectivity index (χ0) is 22.8. The number of hydrogen-bond donors (Lipinski definition) is 0. The maximum atomic E-state index is 12.8. The molecule has 2 aliphatic rings. The molecule has 1 aromatic heterocycles. The van der Waals surface area contributed by atoms with Crippen LogP contribution in [-0.4, -0.2) is 67.5 Å². The van der Waals surface area contributed by atoms with Gasteiger partial charge in [0.15, 0.2) is 0 Å². The molecule has 1 aromatic carbocycles. The van der Waals surface area contributed by atoms with Crippen molar-refractivity contribution in [2.45, 2.75) is 38.5 Å². The standard InChI is InChI=1S/C24H31N5O3/c1-16-20-9-10-21(30)28(3)24(20)26-23(25-16)17-11-14-29(15-17)22(31)12-13-27(2)18-5-7-19(32-4)8-6-18/h5-8,17H,9-15H2,1-4H3/t17-/m0/s1. The second-order valence-electron chi connectivity index (χ2n) is 8.62. The number of anilines is 2. The fourth-order valence-corrected chi connectivity index (χ4v) is 4.46. The van der Waals surface area contributed by atoms with E-state index in [1.54, 1.807) is 19.1 Å². The van der Waals surface area contributed by atoms with Crippen LogP contribution in [0.5, 0.6) is 5.75 Å². The highest BCUT2D eigenvalue weighted by atomic mass is 16.5. The summed E-state index contributed by atoms with van der Waals surface area (Å²) in [5.74, 6) is 2.63. The van der Waals surface area contributed by atoms with Gasteiger partial charge < -0.3 is 14.5 Å². The largest absolute Gasteiger partial charge is 0.497 e. The summed E-state index contributed by atoms with van der Waals surface area (Å²) in [5, 5.41) is 0. The van der Waals surface area contributed by atoms with Crippen molar-refractivity contribution in [1.82, 2.24) is 14.9 Å².